The number of nitrogens with one attached hydrogen (secondary N) is 1. The van der Waals surface area contributed by atoms with Gasteiger partial charge in [0.05, 0.1) is 46.3 Å². The van der Waals surface area contributed by atoms with Crippen molar-refractivity contribution in [3.8, 4) is 11.1 Å². The topological polar surface area (TPSA) is 118 Å². The second-order valence-corrected chi connectivity index (χ2v) is 9.13. The Morgan fingerprint density at radius 1 is 1.22 bits per heavy atom. The van der Waals surface area contributed by atoms with Crippen LogP contribution in [-0.2, 0) is 25.1 Å². The van der Waals surface area contributed by atoms with Gasteiger partial charge in [-0.3, -0.25) is 18.8 Å². The Balaban J connectivity index is 1.41. The zero-order valence-corrected chi connectivity index (χ0v) is 18.0. The van der Waals surface area contributed by atoms with Crippen molar-refractivity contribution in [3.05, 3.63) is 36.5 Å². The molecule has 4 heterocycles. The lowest BCUT2D eigenvalue weighted by Gasteiger charge is -2.30. The minimum Gasteiger partial charge on any atom is -0.447 e. The zero-order valence-electron chi connectivity index (χ0n) is 17.1. The van der Waals surface area contributed by atoms with Crippen molar-refractivity contribution in [2.45, 2.75) is 24.0 Å². The summed E-state index contributed by atoms with van der Waals surface area (Å²) in [4.78, 5) is 43.3. The minimum atomic E-state index is -1.35. The predicted molar refractivity (Wildman–Crippen MR) is 115 cm³/mol. The summed E-state index contributed by atoms with van der Waals surface area (Å²) in [6, 6.07) is 8.53. The van der Waals surface area contributed by atoms with Crippen LogP contribution in [0.2, 0.25) is 0 Å². The quantitative estimate of drug-likeness (QED) is 0.743. The fourth-order valence-electron chi connectivity index (χ4n) is 4.09. The molecule has 2 saturated heterocycles. The Bertz CT molecular complexity index is 1140. The molecule has 2 fully saturated rings. The molecule has 1 unspecified atom stereocenters. The lowest BCUT2D eigenvalue weighted by molar-refractivity contribution is -0.119. The molecule has 0 radical (unpaired) electrons. The van der Waals surface area contributed by atoms with Gasteiger partial charge in [0, 0.05) is 18.7 Å². The maximum absolute atomic E-state index is 13.0. The van der Waals surface area contributed by atoms with E-state index in [-0.39, 0.29) is 18.2 Å². The smallest absolute Gasteiger partial charge is 0.415 e. The summed E-state index contributed by atoms with van der Waals surface area (Å²) in [5.41, 5.74) is 2.12. The number of hydrogen-bond acceptors (Lipinski definition) is 7. The van der Waals surface area contributed by atoms with Crippen LogP contribution in [0.15, 0.2) is 41.4 Å². The molecule has 3 atom stereocenters. The monoisotopic (exact) mass is 456 g/mol. The number of hydrogen-bond donors (Lipinski definition) is 1. The Kier molecular flexibility index (Phi) is 5.04. The van der Waals surface area contributed by atoms with E-state index in [1.807, 2.05) is 12.1 Å². The molecule has 3 aliphatic heterocycles. The number of nitrogens with zero attached hydrogens (tertiary/aromatic N) is 3. The number of anilines is 2. The van der Waals surface area contributed by atoms with Crippen LogP contribution in [0, 0.1) is 0 Å². The van der Waals surface area contributed by atoms with Crippen LogP contribution < -0.4 is 15.1 Å². The normalized spacial score (nSPS) is 24.0. The van der Waals surface area contributed by atoms with Crippen LogP contribution in [0.5, 0.6) is 0 Å². The molecule has 0 aliphatic carbocycles. The van der Waals surface area contributed by atoms with Crippen LogP contribution in [0.25, 0.3) is 11.1 Å². The van der Waals surface area contributed by atoms with Gasteiger partial charge < -0.3 is 14.8 Å². The van der Waals surface area contributed by atoms with E-state index < -0.39 is 35.1 Å². The van der Waals surface area contributed by atoms with Gasteiger partial charge in [0.25, 0.3) is 0 Å². The van der Waals surface area contributed by atoms with Crippen LogP contribution >= 0.6 is 0 Å². The Hall–Kier alpha value is -3.47. The van der Waals surface area contributed by atoms with Crippen molar-refractivity contribution >= 4 is 40.4 Å². The van der Waals surface area contributed by atoms with Gasteiger partial charge in [0.15, 0.2) is 0 Å². The number of cyclic esters (lactones) is 2. The molecule has 0 bridgehead atoms. The molecule has 11 heteroatoms. The zero-order chi connectivity index (χ0) is 22.4. The SMILES string of the molecule is CC(=O)NC[C@@H]1OC(=O)N2c3ccc(-c4ccc(N5CCOC5=O)nc4)cc3S(=O)C[C@@H]12. The number of ether oxygens (including phenoxy) is 2. The van der Waals surface area contributed by atoms with E-state index in [1.54, 1.807) is 24.4 Å². The van der Waals surface area contributed by atoms with Gasteiger partial charge in [0.2, 0.25) is 5.91 Å². The highest BCUT2D eigenvalue weighted by molar-refractivity contribution is 7.85. The number of carbonyl (C=O) groups excluding carboxylic acids is 3. The lowest BCUT2D eigenvalue weighted by atomic mass is 10.1. The number of fused-ring (bicyclic) bond motifs is 3. The van der Waals surface area contributed by atoms with E-state index in [2.05, 4.69) is 10.3 Å². The van der Waals surface area contributed by atoms with Crippen molar-refractivity contribution in [3.63, 3.8) is 0 Å². The van der Waals surface area contributed by atoms with Crippen LogP contribution in [0.3, 0.4) is 0 Å². The van der Waals surface area contributed by atoms with Crippen molar-refractivity contribution in [1.82, 2.24) is 10.3 Å². The fraction of sp³-hybridized carbons (Fsp3) is 0.333. The van der Waals surface area contributed by atoms with E-state index in [1.165, 1.54) is 16.7 Å². The molecule has 3 amide bonds. The van der Waals surface area contributed by atoms with Crippen LogP contribution in [-0.4, -0.2) is 64.9 Å². The molecule has 0 spiro atoms. The lowest BCUT2D eigenvalue weighted by Crippen LogP contribution is -2.47. The Labute approximate surface area is 185 Å². The second kappa shape index (κ2) is 7.90. The van der Waals surface area contributed by atoms with Gasteiger partial charge in [-0.25, -0.2) is 14.6 Å². The summed E-state index contributed by atoms with van der Waals surface area (Å²) in [6.07, 6.45) is 0.153. The summed E-state index contributed by atoms with van der Waals surface area (Å²) in [6.45, 7) is 2.36. The average Bonchev–Trinajstić information content (AvgIpc) is 3.35. The number of carbonyl (C=O) groups is 3. The molecule has 3 aliphatic rings. The standard InChI is InChI=1S/C21H20N4O6S/c1-12(26)22-10-17-16-11-32(29)18-8-13(2-4-15(18)25(16)21(28)31-17)14-3-5-19(23-9-14)24-6-7-30-20(24)27/h2-5,8-9,16-17H,6-7,10-11H2,1H3,(H,22,26)/t16-,17-,32?/m0/s1. The molecular formula is C21H20N4O6S. The molecule has 0 saturated carbocycles. The first-order valence-electron chi connectivity index (χ1n) is 10.1. The minimum absolute atomic E-state index is 0.176. The molecule has 1 N–H and O–H groups in total. The van der Waals surface area contributed by atoms with Gasteiger partial charge in [-0.2, -0.15) is 0 Å². The average molecular weight is 456 g/mol. The number of rotatable bonds is 4. The van der Waals surface area contributed by atoms with Gasteiger partial charge in [-0.15, -0.1) is 0 Å². The van der Waals surface area contributed by atoms with Gasteiger partial charge in [0.1, 0.15) is 18.5 Å². The van der Waals surface area contributed by atoms with E-state index in [0.29, 0.717) is 29.6 Å². The first-order valence-corrected chi connectivity index (χ1v) is 11.4. The molecule has 32 heavy (non-hydrogen) atoms. The number of amides is 3. The van der Waals surface area contributed by atoms with Crippen molar-refractivity contribution in [2.75, 3.05) is 35.2 Å². The Morgan fingerprint density at radius 3 is 2.72 bits per heavy atom. The summed E-state index contributed by atoms with van der Waals surface area (Å²) >= 11 is 0. The Morgan fingerprint density at radius 2 is 2.03 bits per heavy atom. The van der Waals surface area contributed by atoms with E-state index in [9.17, 15) is 18.6 Å². The van der Waals surface area contributed by atoms with E-state index in [0.717, 1.165) is 11.1 Å². The summed E-state index contributed by atoms with van der Waals surface area (Å²) < 4.78 is 23.4. The first-order chi connectivity index (χ1) is 15.4. The third kappa shape index (κ3) is 3.48. The van der Waals surface area contributed by atoms with Crippen LogP contribution in [0.1, 0.15) is 6.92 Å². The molecule has 10 nitrogen and oxygen atoms in total. The van der Waals surface area contributed by atoms with E-state index in [4.69, 9.17) is 9.47 Å². The molecule has 166 valence electrons. The first kappa shape index (κ1) is 20.4. The largest absolute Gasteiger partial charge is 0.447 e. The van der Waals surface area contributed by atoms with Crippen molar-refractivity contribution in [2.24, 2.45) is 0 Å². The van der Waals surface area contributed by atoms with Crippen molar-refractivity contribution < 1.29 is 28.1 Å². The van der Waals surface area contributed by atoms with Gasteiger partial charge in [-0.05, 0) is 29.8 Å². The highest BCUT2D eigenvalue weighted by Crippen LogP contribution is 2.39. The predicted octanol–water partition coefficient (Wildman–Crippen LogP) is 1.66. The number of pyridine rings is 1. The van der Waals surface area contributed by atoms with Gasteiger partial charge >= 0.3 is 12.2 Å². The van der Waals surface area contributed by atoms with Gasteiger partial charge in [-0.1, -0.05) is 6.07 Å². The molecule has 1 aromatic carbocycles. The molecule has 1 aromatic heterocycles. The fourth-order valence-corrected chi connectivity index (χ4v) is 5.60. The third-order valence-electron chi connectivity index (χ3n) is 5.67. The third-order valence-corrected chi connectivity index (χ3v) is 7.13. The molecule has 5 rings (SSSR count). The highest BCUT2D eigenvalue weighted by atomic mass is 32.2. The summed E-state index contributed by atoms with van der Waals surface area (Å²) in [7, 11) is -1.35. The molecule has 2 aromatic rings. The highest BCUT2D eigenvalue weighted by Gasteiger charge is 2.47. The number of benzene rings is 1. The summed E-state index contributed by atoms with van der Waals surface area (Å²) in [5, 5.41) is 2.66. The van der Waals surface area contributed by atoms with Crippen LogP contribution in [0.4, 0.5) is 21.1 Å². The van der Waals surface area contributed by atoms with Crippen molar-refractivity contribution in [1.29, 1.82) is 0 Å². The summed E-state index contributed by atoms with van der Waals surface area (Å²) in [5.74, 6) is 0.508. The molecular weight excluding hydrogens is 436 g/mol. The second-order valence-electron chi connectivity index (χ2n) is 7.66. The maximum atomic E-state index is 13.0. The number of aromatic nitrogens is 1. The van der Waals surface area contributed by atoms with E-state index >= 15 is 0 Å². The maximum Gasteiger partial charge on any atom is 0.415 e.